The molecule has 2 aliphatic carbocycles. The zero-order valence-electron chi connectivity index (χ0n) is 18.0. The molecule has 1 amide bonds. The fourth-order valence-electron chi connectivity index (χ4n) is 4.68. The summed E-state index contributed by atoms with van der Waals surface area (Å²) in [6, 6.07) is 8.42. The molecule has 0 bridgehead atoms. The molecule has 32 heavy (non-hydrogen) atoms. The van der Waals surface area contributed by atoms with E-state index < -0.39 is 0 Å². The van der Waals surface area contributed by atoms with Gasteiger partial charge in [-0.15, -0.1) is 0 Å². The predicted octanol–water partition coefficient (Wildman–Crippen LogP) is 5.64. The number of benzene rings is 1. The summed E-state index contributed by atoms with van der Waals surface area (Å²) in [5.74, 6) is 0.630. The van der Waals surface area contributed by atoms with Crippen LogP contribution in [0.5, 0.6) is 0 Å². The Hall–Kier alpha value is -3.48. The Balaban J connectivity index is 1.29. The molecule has 7 heteroatoms. The highest BCUT2D eigenvalue weighted by molar-refractivity contribution is 6.04. The van der Waals surface area contributed by atoms with Gasteiger partial charge in [-0.3, -0.25) is 14.5 Å². The highest BCUT2D eigenvalue weighted by Gasteiger charge is 2.28. The van der Waals surface area contributed by atoms with Crippen LogP contribution in [0.3, 0.4) is 0 Å². The normalized spacial score (nSPS) is 16.7. The third-order valence-corrected chi connectivity index (χ3v) is 6.54. The first-order valence-corrected chi connectivity index (χ1v) is 11.4. The standard InChI is InChI=1S/C25H25N5O2/c1-15-10-17(8-9-26-15)25-28-23(14-32-25)24(31)27-22-11-18-13-30(19-4-2-3-5-19)29-21(18)12-20(22)16-6-7-16/h8-14,16,19H,2-7H2,1H3,(H,27,31). The zero-order chi connectivity index (χ0) is 21.7. The van der Waals surface area contributed by atoms with Gasteiger partial charge in [0.25, 0.3) is 5.91 Å². The monoisotopic (exact) mass is 427 g/mol. The quantitative estimate of drug-likeness (QED) is 0.445. The minimum absolute atomic E-state index is 0.262. The van der Waals surface area contributed by atoms with E-state index in [4.69, 9.17) is 9.52 Å². The van der Waals surface area contributed by atoms with Crippen LogP contribution in [0.25, 0.3) is 22.4 Å². The third-order valence-electron chi connectivity index (χ3n) is 6.54. The van der Waals surface area contributed by atoms with Crippen molar-refractivity contribution in [2.24, 2.45) is 0 Å². The molecule has 0 atom stereocenters. The van der Waals surface area contributed by atoms with Crippen molar-refractivity contribution >= 4 is 22.5 Å². The van der Waals surface area contributed by atoms with Crippen LogP contribution < -0.4 is 5.32 Å². The highest BCUT2D eigenvalue weighted by Crippen LogP contribution is 2.45. The average Bonchev–Trinajstić information content (AvgIpc) is 3.20. The van der Waals surface area contributed by atoms with Gasteiger partial charge in [0.05, 0.1) is 11.6 Å². The molecule has 3 heterocycles. The second-order valence-corrected chi connectivity index (χ2v) is 9.00. The molecule has 1 aromatic carbocycles. The van der Waals surface area contributed by atoms with E-state index in [2.05, 4.69) is 38.3 Å². The number of fused-ring (bicyclic) bond motifs is 1. The first-order valence-electron chi connectivity index (χ1n) is 11.4. The fraction of sp³-hybridized carbons (Fsp3) is 0.360. The lowest BCUT2D eigenvalue weighted by Crippen LogP contribution is -2.13. The van der Waals surface area contributed by atoms with Gasteiger partial charge in [0.2, 0.25) is 5.89 Å². The number of oxazole rings is 1. The van der Waals surface area contributed by atoms with Gasteiger partial charge in [-0.25, -0.2) is 4.98 Å². The SMILES string of the molecule is Cc1cc(-c2nc(C(=O)Nc3cc4cn(C5CCCC5)nc4cc3C3CC3)co2)ccn1. The topological polar surface area (TPSA) is 85.8 Å². The molecule has 0 unspecified atom stereocenters. The molecule has 0 radical (unpaired) electrons. The number of amides is 1. The van der Waals surface area contributed by atoms with Crippen molar-refractivity contribution in [3.63, 3.8) is 0 Å². The number of hydrogen-bond donors (Lipinski definition) is 1. The number of rotatable bonds is 5. The van der Waals surface area contributed by atoms with Crippen molar-refractivity contribution in [3.8, 4) is 11.5 Å². The Morgan fingerprint density at radius 3 is 2.78 bits per heavy atom. The Morgan fingerprint density at radius 1 is 1.16 bits per heavy atom. The van der Waals surface area contributed by atoms with Gasteiger partial charge >= 0.3 is 0 Å². The van der Waals surface area contributed by atoms with Gasteiger partial charge in [0, 0.05) is 34.7 Å². The van der Waals surface area contributed by atoms with E-state index in [1.807, 2.05) is 19.1 Å². The second-order valence-electron chi connectivity index (χ2n) is 9.00. The van der Waals surface area contributed by atoms with Crippen LogP contribution in [-0.2, 0) is 0 Å². The van der Waals surface area contributed by atoms with Crippen LogP contribution in [0.1, 0.15) is 72.2 Å². The highest BCUT2D eigenvalue weighted by atomic mass is 16.3. The summed E-state index contributed by atoms with van der Waals surface area (Å²) in [7, 11) is 0. The summed E-state index contributed by atoms with van der Waals surface area (Å²) in [5.41, 5.74) is 4.95. The molecule has 2 aliphatic rings. The Labute approximate surface area is 185 Å². The lowest BCUT2D eigenvalue weighted by Gasteiger charge is -2.09. The number of carbonyl (C=O) groups is 1. The summed E-state index contributed by atoms with van der Waals surface area (Å²) in [4.78, 5) is 21.6. The molecule has 0 spiro atoms. The fourth-order valence-corrected chi connectivity index (χ4v) is 4.68. The zero-order valence-corrected chi connectivity index (χ0v) is 18.0. The number of nitrogens with zero attached hydrogens (tertiary/aromatic N) is 4. The summed E-state index contributed by atoms with van der Waals surface area (Å²) in [5, 5.41) is 9.00. The van der Waals surface area contributed by atoms with Gasteiger partial charge < -0.3 is 9.73 Å². The van der Waals surface area contributed by atoms with E-state index in [0.29, 0.717) is 17.9 Å². The Morgan fingerprint density at radius 2 is 2.00 bits per heavy atom. The third kappa shape index (κ3) is 3.57. The number of aromatic nitrogens is 4. The van der Waals surface area contributed by atoms with Crippen molar-refractivity contribution in [2.75, 3.05) is 5.32 Å². The van der Waals surface area contributed by atoms with Crippen molar-refractivity contribution < 1.29 is 9.21 Å². The van der Waals surface area contributed by atoms with Gasteiger partial charge in [0.15, 0.2) is 5.69 Å². The predicted molar refractivity (Wildman–Crippen MR) is 122 cm³/mol. The van der Waals surface area contributed by atoms with Crippen LogP contribution in [0.2, 0.25) is 0 Å². The van der Waals surface area contributed by atoms with E-state index in [1.54, 1.807) is 6.20 Å². The van der Waals surface area contributed by atoms with E-state index in [0.717, 1.165) is 46.3 Å². The largest absolute Gasteiger partial charge is 0.444 e. The maximum Gasteiger partial charge on any atom is 0.277 e. The van der Waals surface area contributed by atoms with E-state index >= 15 is 0 Å². The molecule has 1 N–H and O–H groups in total. The molecule has 2 saturated carbocycles. The van der Waals surface area contributed by atoms with Crippen LogP contribution in [-0.4, -0.2) is 25.7 Å². The molecule has 7 nitrogen and oxygen atoms in total. The van der Waals surface area contributed by atoms with Gasteiger partial charge in [0.1, 0.15) is 6.26 Å². The lowest BCUT2D eigenvalue weighted by molar-refractivity contribution is 0.102. The molecule has 4 aromatic rings. The summed E-state index contributed by atoms with van der Waals surface area (Å²) in [6.45, 7) is 1.91. The molecule has 0 saturated heterocycles. The van der Waals surface area contributed by atoms with Crippen LogP contribution in [0.15, 0.2) is 47.3 Å². The molecular weight excluding hydrogens is 402 g/mol. The second kappa shape index (κ2) is 7.58. The maximum absolute atomic E-state index is 13.0. The van der Waals surface area contributed by atoms with Crippen molar-refractivity contribution in [3.05, 3.63) is 59.9 Å². The number of pyridine rings is 1. The molecule has 6 rings (SSSR count). The van der Waals surface area contributed by atoms with Crippen molar-refractivity contribution in [1.82, 2.24) is 19.7 Å². The molecule has 3 aromatic heterocycles. The first-order chi connectivity index (χ1) is 15.6. The smallest absolute Gasteiger partial charge is 0.277 e. The molecule has 162 valence electrons. The number of hydrogen-bond acceptors (Lipinski definition) is 5. The van der Waals surface area contributed by atoms with Crippen LogP contribution >= 0.6 is 0 Å². The van der Waals surface area contributed by atoms with Gasteiger partial charge in [-0.05, 0) is 68.4 Å². The number of nitrogens with one attached hydrogen (secondary N) is 1. The Bertz CT molecular complexity index is 1310. The van der Waals surface area contributed by atoms with Crippen molar-refractivity contribution in [2.45, 2.75) is 57.4 Å². The van der Waals surface area contributed by atoms with Crippen molar-refractivity contribution in [1.29, 1.82) is 0 Å². The first kappa shape index (κ1) is 19.2. The molecule has 0 aliphatic heterocycles. The average molecular weight is 428 g/mol. The maximum atomic E-state index is 13.0. The number of aryl methyl sites for hydroxylation is 1. The number of anilines is 1. The summed E-state index contributed by atoms with van der Waals surface area (Å²) in [6.07, 6.45) is 12.5. The lowest BCUT2D eigenvalue weighted by atomic mass is 10.1. The van der Waals surface area contributed by atoms with Crippen LogP contribution in [0.4, 0.5) is 5.69 Å². The van der Waals surface area contributed by atoms with Gasteiger partial charge in [-0.2, -0.15) is 5.10 Å². The summed E-state index contributed by atoms with van der Waals surface area (Å²) < 4.78 is 7.70. The van der Waals surface area contributed by atoms with Gasteiger partial charge in [-0.1, -0.05) is 12.8 Å². The number of carbonyl (C=O) groups excluding carboxylic acids is 1. The van der Waals surface area contributed by atoms with Crippen LogP contribution in [0, 0.1) is 6.92 Å². The van der Waals surface area contributed by atoms with E-state index in [-0.39, 0.29) is 11.6 Å². The van der Waals surface area contributed by atoms with E-state index in [1.165, 1.54) is 31.9 Å². The molecule has 2 fully saturated rings. The minimum Gasteiger partial charge on any atom is -0.444 e. The van der Waals surface area contributed by atoms with E-state index in [9.17, 15) is 4.79 Å². The minimum atomic E-state index is -0.268. The summed E-state index contributed by atoms with van der Waals surface area (Å²) >= 11 is 0. The Kier molecular flexibility index (Phi) is 4.56. The molecular formula is C25H25N5O2.